The first-order chi connectivity index (χ1) is 12.4. The predicted octanol–water partition coefficient (Wildman–Crippen LogP) is 3.11. The number of hydrogen-bond donors (Lipinski definition) is 0. The van der Waals surface area contributed by atoms with E-state index in [1.165, 1.54) is 18.1 Å². The number of esters is 1. The second-order valence-electron chi connectivity index (χ2n) is 5.80. The maximum absolute atomic E-state index is 12.9. The van der Waals surface area contributed by atoms with Crippen LogP contribution in [0.4, 0.5) is 5.69 Å². The molecule has 0 radical (unpaired) electrons. The quantitative estimate of drug-likeness (QED) is 0.432. The highest BCUT2D eigenvalue weighted by Crippen LogP contribution is 2.21. The molecule has 2 rings (SSSR count). The average molecular weight is 356 g/mol. The van der Waals surface area contributed by atoms with Gasteiger partial charge in [0.2, 0.25) is 0 Å². The first kappa shape index (κ1) is 19.1. The fourth-order valence-corrected chi connectivity index (χ4v) is 2.51. The maximum atomic E-state index is 12.9. The molecule has 2 aromatic carbocycles. The third-order valence-corrected chi connectivity index (χ3v) is 3.97. The number of amides is 1. The number of nitro benzene ring substituents is 1. The largest absolute Gasteiger partial charge is 0.469 e. The van der Waals surface area contributed by atoms with Crippen molar-refractivity contribution in [3.8, 4) is 0 Å². The molecule has 136 valence electrons. The van der Waals surface area contributed by atoms with Crippen LogP contribution in [0, 0.1) is 17.0 Å². The van der Waals surface area contributed by atoms with Crippen LogP contribution in [0.5, 0.6) is 0 Å². The van der Waals surface area contributed by atoms with Crippen LogP contribution in [-0.4, -0.2) is 35.4 Å². The first-order valence-electron chi connectivity index (χ1n) is 8.07. The van der Waals surface area contributed by atoms with Crippen molar-refractivity contribution in [2.75, 3.05) is 13.7 Å². The molecule has 26 heavy (non-hydrogen) atoms. The van der Waals surface area contributed by atoms with E-state index in [0.717, 1.165) is 5.56 Å². The Kier molecular flexibility index (Phi) is 6.43. The van der Waals surface area contributed by atoms with Crippen molar-refractivity contribution in [1.82, 2.24) is 4.90 Å². The molecule has 1 amide bonds. The zero-order valence-corrected chi connectivity index (χ0v) is 14.7. The van der Waals surface area contributed by atoms with Gasteiger partial charge in [-0.2, -0.15) is 0 Å². The van der Waals surface area contributed by atoms with E-state index in [0.29, 0.717) is 12.1 Å². The molecule has 7 nitrogen and oxygen atoms in total. The molecular weight excluding hydrogens is 336 g/mol. The molecule has 7 heteroatoms. The minimum atomic E-state index is -0.512. The Morgan fingerprint density at radius 1 is 1.15 bits per heavy atom. The van der Waals surface area contributed by atoms with Crippen molar-refractivity contribution in [3.63, 3.8) is 0 Å². The fraction of sp³-hybridized carbons (Fsp3) is 0.263. The van der Waals surface area contributed by atoms with Crippen molar-refractivity contribution in [3.05, 3.63) is 75.3 Å². The molecule has 0 fully saturated rings. The molecule has 0 spiro atoms. The Morgan fingerprint density at radius 3 is 2.46 bits per heavy atom. The van der Waals surface area contributed by atoms with Gasteiger partial charge in [-0.1, -0.05) is 36.4 Å². The van der Waals surface area contributed by atoms with E-state index in [1.54, 1.807) is 19.1 Å². The minimum absolute atomic E-state index is 0.0447. The van der Waals surface area contributed by atoms with Gasteiger partial charge in [0.1, 0.15) is 0 Å². The molecule has 0 saturated carbocycles. The van der Waals surface area contributed by atoms with Gasteiger partial charge < -0.3 is 9.64 Å². The van der Waals surface area contributed by atoms with E-state index < -0.39 is 10.9 Å². The van der Waals surface area contributed by atoms with Crippen LogP contribution in [-0.2, 0) is 16.1 Å². The van der Waals surface area contributed by atoms with Gasteiger partial charge in [-0.15, -0.1) is 0 Å². The number of ether oxygens (including phenoxy) is 1. The highest BCUT2D eigenvalue weighted by atomic mass is 16.6. The van der Waals surface area contributed by atoms with E-state index in [2.05, 4.69) is 4.74 Å². The van der Waals surface area contributed by atoms with Gasteiger partial charge in [0.15, 0.2) is 0 Å². The Morgan fingerprint density at radius 2 is 1.85 bits per heavy atom. The third-order valence-electron chi connectivity index (χ3n) is 3.97. The maximum Gasteiger partial charge on any atom is 0.307 e. The standard InChI is InChI=1S/C19H20N2O5/c1-14-8-9-16(12-17(14)21(24)25)19(23)20(11-10-18(22)26-2)13-15-6-4-3-5-7-15/h3-9,12H,10-11,13H2,1-2H3. The van der Waals surface area contributed by atoms with Gasteiger partial charge in [0.25, 0.3) is 11.6 Å². The van der Waals surface area contributed by atoms with Gasteiger partial charge >= 0.3 is 5.97 Å². The molecule has 0 saturated heterocycles. The Bertz CT molecular complexity index is 805. The van der Waals surface area contributed by atoms with Crippen LogP contribution in [0.25, 0.3) is 0 Å². The zero-order chi connectivity index (χ0) is 19.1. The van der Waals surface area contributed by atoms with E-state index in [4.69, 9.17) is 0 Å². The smallest absolute Gasteiger partial charge is 0.307 e. The number of methoxy groups -OCH3 is 1. The van der Waals surface area contributed by atoms with Gasteiger partial charge in [-0.05, 0) is 18.6 Å². The summed E-state index contributed by atoms with van der Waals surface area (Å²) in [6.45, 7) is 2.06. The molecule has 0 heterocycles. The predicted molar refractivity (Wildman–Crippen MR) is 95.6 cm³/mol. The summed E-state index contributed by atoms with van der Waals surface area (Å²) in [5.41, 5.74) is 1.48. The van der Waals surface area contributed by atoms with Gasteiger partial charge in [-0.3, -0.25) is 19.7 Å². The molecular formula is C19H20N2O5. The Labute approximate surface area is 151 Å². The topological polar surface area (TPSA) is 89.8 Å². The normalized spacial score (nSPS) is 10.2. The van der Waals surface area contributed by atoms with E-state index in [1.807, 2.05) is 30.3 Å². The fourth-order valence-electron chi connectivity index (χ4n) is 2.51. The Hall–Kier alpha value is -3.22. The van der Waals surface area contributed by atoms with Crippen LogP contribution in [0.3, 0.4) is 0 Å². The third kappa shape index (κ3) is 4.89. The average Bonchev–Trinajstić information content (AvgIpc) is 2.65. The summed E-state index contributed by atoms with van der Waals surface area (Å²) in [6, 6.07) is 13.7. The number of rotatable bonds is 7. The molecule has 0 aliphatic carbocycles. The number of nitro groups is 1. The van der Waals surface area contributed by atoms with Crippen LogP contribution >= 0.6 is 0 Å². The van der Waals surface area contributed by atoms with Crippen molar-refractivity contribution in [2.24, 2.45) is 0 Å². The van der Waals surface area contributed by atoms with Gasteiger partial charge in [-0.25, -0.2) is 0 Å². The molecule has 0 bridgehead atoms. The van der Waals surface area contributed by atoms with E-state index >= 15 is 0 Å². The minimum Gasteiger partial charge on any atom is -0.469 e. The molecule has 0 aliphatic rings. The number of hydrogen-bond acceptors (Lipinski definition) is 5. The Balaban J connectivity index is 2.28. The number of carbonyl (C=O) groups is 2. The molecule has 0 atom stereocenters. The second-order valence-corrected chi connectivity index (χ2v) is 5.80. The summed E-state index contributed by atoms with van der Waals surface area (Å²) in [5.74, 6) is -0.799. The molecule has 2 aromatic rings. The van der Waals surface area contributed by atoms with Crippen LogP contribution in [0.2, 0.25) is 0 Å². The van der Waals surface area contributed by atoms with Crippen molar-refractivity contribution in [1.29, 1.82) is 0 Å². The molecule has 0 aromatic heterocycles. The second kappa shape index (κ2) is 8.75. The van der Waals surface area contributed by atoms with Crippen LogP contribution in [0.15, 0.2) is 48.5 Å². The lowest BCUT2D eigenvalue weighted by atomic mass is 10.1. The zero-order valence-electron chi connectivity index (χ0n) is 14.7. The SMILES string of the molecule is COC(=O)CCN(Cc1ccccc1)C(=O)c1ccc(C)c([N+](=O)[O-])c1. The summed E-state index contributed by atoms with van der Waals surface area (Å²) >= 11 is 0. The van der Waals surface area contributed by atoms with Crippen LogP contribution in [0.1, 0.15) is 27.9 Å². The van der Waals surface area contributed by atoms with E-state index in [-0.39, 0.29) is 30.1 Å². The molecule has 0 aliphatic heterocycles. The number of benzene rings is 2. The lowest BCUT2D eigenvalue weighted by Crippen LogP contribution is -2.32. The van der Waals surface area contributed by atoms with Crippen molar-refractivity contribution < 1.29 is 19.2 Å². The first-order valence-corrected chi connectivity index (χ1v) is 8.07. The lowest BCUT2D eigenvalue weighted by molar-refractivity contribution is -0.385. The molecule has 0 unspecified atom stereocenters. The van der Waals surface area contributed by atoms with Gasteiger partial charge in [0.05, 0.1) is 18.5 Å². The monoisotopic (exact) mass is 356 g/mol. The van der Waals surface area contributed by atoms with Crippen LogP contribution < -0.4 is 0 Å². The summed E-state index contributed by atoms with van der Waals surface area (Å²) in [4.78, 5) is 36.5. The summed E-state index contributed by atoms with van der Waals surface area (Å²) in [7, 11) is 1.29. The summed E-state index contributed by atoms with van der Waals surface area (Å²) < 4.78 is 4.64. The summed E-state index contributed by atoms with van der Waals surface area (Å²) in [5, 5.41) is 11.1. The number of aryl methyl sites for hydroxylation is 1. The summed E-state index contributed by atoms with van der Waals surface area (Å²) in [6.07, 6.45) is 0.0447. The highest BCUT2D eigenvalue weighted by molar-refractivity contribution is 5.95. The molecule has 0 N–H and O–H groups in total. The number of carbonyl (C=O) groups excluding carboxylic acids is 2. The van der Waals surface area contributed by atoms with E-state index in [9.17, 15) is 19.7 Å². The van der Waals surface area contributed by atoms with Crippen molar-refractivity contribution in [2.45, 2.75) is 19.9 Å². The highest BCUT2D eigenvalue weighted by Gasteiger charge is 2.21. The van der Waals surface area contributed by atoms with Crippen molar-refractivity contribution >= 4 is 17.6 Å². The number of nitrogens with zero attached hydrogens (tertiary/aromatic N) is 2. The lowest BCUT2D eigenvalue weighted by Gasteiger charge is -2.22. The van der Waals surface area contributed by atoms with Gasteiger partial charge in [0, 0.05) is 30.3 Å².